The Kier molecular flexibility index (Phi) is 3.52. The fourth-order valence-corrected chi connectivity index (χ4v) is 2.90. The highest BCUT2D eigenvalue weighted by Gasteiger charge is 2.13. The van der Waals surface area contributed by atoms with Gasteiger partial charge < -0.3 is 0 Å². The van der Waals surface area contributed by atoms with Crippen molar-refractivity contribution in [3.05, 3.63) is 57.8 Å². The van der Waals surface area contributed by atoms with Crippen LogP contribution in [-0.4, -0.2) is 9.55 Å². The van der Waals surface area contributed by atoms with Crippen LogP contribution in [0, 0.1) is 0 Å². The minimum absolute atomic E-state index is 0.341. The number of alkyl halides is 1. The molecule has 96 valence electrons. The summed E-state index contributed by atoms with van der Waals surface area (Å²) >= 11 is 15.7. The molecule has 0 spiro atoms. The molecule has 3 rings (SSSR count). The molecule has 0 amide bonds. The first-order valence-electron chi connectivity index (χ1n) is 5.68. The van der Waals surface area contributed by atoms with Crippen molar-refractivity contribution in [2.24, 2.45) is 0 Å². The Hall–Kier alpha value is -1.03. The summed E-state index contributed by atoms with van der Waals surface area (Å²) in [5.41, 5.74) is 2.84. The van der Waals surface area contributed by atoms with E-state index in [0.717, 1.165) is 27.0 Å². The number of benzene rings is 2. The zero-order chi connectivity index (χ0) is 13.4. The maximum absolute atomic E-state index is 6.08. The molecule has 0 aliphatic carbocycles. The number of aromatic nitrogens is 2. The van der Waals surface area contributed by atoms with Crippen LogP contribution in [0.15, 0.2) is 46.9 Å². The summed E-state index contributed by atoms with van der Waals surface area (Å²) in [4.78, 5) is 4.54. The Morgan fingerprint density at radius 3 is 2.68 bits per heavy atom. The number of halogens is 3. The zero-order valence-corrected chi connectivity index (χ0v) is 12.9. The van der Waals surface area contributed by atoms with Crippen molar-refractivity contribution >= 4 is 50.2 Å². The van der Waals surface area contributed by atoms with Crippen molar-refractivity contribution in [3.8, 4) is 5.69 Å². The highest BCUT2D eigenvalue weighted by atomic mass is 79.9. The Labute approximate surface area is 129 Å². The smallest absolute Gasteiger partial charge is 0.129 e. The molecular weight excluding hydrogens is 347 g/mol. The van der Waals surface area contributed by atoms with Crippen molar-refractivity contribution in [3.63, 3.8) is 0 Å². The Bertz CT molecular complexity index is 752. The molecule has 0 fully saturated rings. The fourth-order valence-electron chi connectivity index (χ4n) is 2.09. The second-order valence-corrected chi connectivity index (χ2v) is 5.64. The molecule has 1 aromatic heterocycles. The van der Waals surface area contributed by atoms with E-state index in [0.29, 0.717) is 10.9 Å². The van der Waals surface area contributed by atoms with Gasteiger partial charge in [-0.3, -0.25) is 4.57 Å². The van der Waals surface area contributed by atoms with E-state index >= 15 is 0 Å². The first-order chi connectivity index (χ1) is 9.20. The lowest BCUT2D eigenvalue weighted by Crippen LogP contribution is -2.00. The molecule has 0 saturated heterocycles. The van der Waals surface area contributed by atoms with Crippen LogP contribution in [0.4, 0.5) is 0 Å². The third-order valence-electron chi connectivity index (χ3n) is 2.90. The maximum Gasteiger partial charge on any atom is 0.129 e. The van der Waals surface area contributed by atoms with Gasteiger partial charge in [-0.05, 0) is 46.3 Å². The summed E-state index contributed by atoms with van der Waals surface area (Å²) in [6.07, 6.45) is 0. The summed E-state index contributed by atoms with van der Waals surface area (Å²) < 4.78 is 3.01. The van der Waals surface area contributed by atoms with Gasteiger partial charge in [-0.2, -0.15) is 0 Å². The Morgan fingerprint density at radius 1 is 1.16 bits per heavy atom. The second-order valence-electron chi connectivity index (χ2n) is 4.08. The Balaban J connectivity index is 2.38. The van der Waals surface area contributed by atoms with E-state index in [9.17, 15) is 0 Å². The predicted octanol–water partition coefficient (Wildman–Crippen LogP) is 5.18. The van der Waals surface area contributed by atoms with Crippen LogP contribution in [0.5, 0.6) is 0 Å². The van der Waals surface area contributed by atoms with Crippen molar-refractivity contribution in [2.75, 3.05) is 0 Å². The molecule has 2 nitrogen and oxygen atoms in total. The summed E-state index contributed by atoms with van der Waals surface area (Å²) in [7, 11) is 0. The summed E-state index contributed by atoms with van der Waals surface area (Å²) in [5, 5.41) is 0.682. The number of hydrogen-bond acceptors (Lipinski definition) is 1. The number of nitrogens with zero attached hydrogens (tertiary/aromatic N) is 2. The molecule has 0 aliphatic heterocycles. The molecule has 19 heavy (non-hydrogen) atoms. The lowest BCUT2D eigenvalue weighted by molar-refractivity contribution is 0.977. The number of imidazole rings is 1. The van der Waals surface area contributed by atoms with E-state index in [4.69, 9.17) is 23.2 Å². The lowest BCUT2D eigenvalue weighted by atomic mass is 10.3. The Morgan fingerprint density at radius 2 is 1.95 bits per heavy atom. The van der Waals surface area contributed by atoms with Crippen LogP contribution in [0.1, 0.15) is 5.82 Å². The van der Waals surface area contributed by atoms with Gasteiger partial charge in [-0.1, -0.05) is 23.7 Å². The minimum atomic E-state index is 0.341. The van der Waals surface area contributed by atoms with Crippen LogP contribution in [-0.2, 0) is 5.88 Å². The SMILES string of the molecule is ClCc1nc2ccc(Cl)cc2n1-c1ccccc1Br. The molecule has 1 heterocycles. The molecule has 0 bridgehead atoms. The number of fused-ring (bicyclic) bond motifs is 1. The van der Waals surface area contributed by atoms with E-state index < -0.39 is 0 Å². The van der Waals surface area contributed by atoms with Gasteiger partial charge in [0.1, 0.15) is 5.82 Å². The van der Waals surface area contributed by atoms with Gasteiger partial charge in [-0.15, -0.1) is 11.6 Å². The summed E-state index contributed by atoms with van der Waals surface area (Å²) in [5.74, 6) is 1.14. The highest BCUT2D eigenvalue weighted by Crippen LogP contribution is 2.29. The van der Waals surface area contributed by atoms with Gasteiger partial charge >= 0.3 is 0 Å². The number of hydrogen-bond donors (Lipinski definition) is 0. The van der Waals surface area contributed by atoms with E-state index in [1.807, 2.05) is 47.0 Å². The van der Waals surface area contributed by atoms with Crippen LogP contribution in [0.25, 0.3) is 16.7 Å². The first-order valence-corrected chi connectivity index (χ1v) is 7.39. The van der Waals surface area contributed by atoms with Crippen LogP contribution in [0.3, 0.4) is 0 Å². The number of rotatable bonds is 2. The monoisotopic (exact) mass is 354 g/mol. The first kappa shape index (κ1) is 13.0. The summed E-state index contributed by atoms with van der Waals surface area (Å²) in [6.45, 7) is 0. The predicted molar refractivity (Wildman–Crippen MR) is 83.3 cm³/mol. The molecule has 3 aromatic rings. The van der Waals surface area contributed by atoms with E-state index in [-0.39, 0.29) is 0 Å². The van der Waals surface area contributed by atoms with Crippen LogP contribution < -0.4 is 0 Å². The van der Waals surface area contributed by atoms with Gasteiger partial charge in [0.25, 0.3) is 0 Å². The lowest BCUT2D eigenvalue weighted by Gasteiger charge is -2.09. The van der Waals surface area contributed by atoms with E-state index in [1.165, 1.54) is 0 Å². The average Bonchev–Trinajstić information content (AvgIpc) is 2.77. The van der Waals surface area contributed by atoms with Gasteiger partial charge in [0, 0.05) is 9.50 Å². The van der Waals surface area contributed by atoms with Crippen LogP contribution >= 0.6 is 39.1 Å². The van der Waals surface area contributed by atoms with Gasteiger partial charge in [0.15, 0.2) is 0 Å². The minimum Gasteiger partial charge on any atom is -0.294 e. The van der Waals surface area contributed by atoms with Gasteiger partial charge in [0.2, 0.25) is 0 Å². The highest BCUT2D eigenvalue weighted by molar-refractivity contribution is 9.10. The maximum atomic E-state index is 6.08. The normalized spacial score (nSPS) is 11.1. The quantitative estimate of drug-likeness (QED) is 0.579. The average molecular weight is 356 g/mol. The molecule has 0 N–H and O–H groups in total. The van der Waals surface area contributed by atoms with Crippen molar-refractivity contribution in [2.45, 2.75) is 5.88 Å². The third kappa shape index (κ3) is 2.27. The van der Waals surface area contributed by atoms with Gasteiger partial charge in [-0.25, -0.2) is 4.98 Å². The molecule has 2 aromatic carbocycles. The topological polar surface area (TPSA) is 17.8 Å². The molecule has 0 radical (unpaired) electrons. The van der Waals surface area contributed by atoms with Crippen molar-refractivity contribution in [1.82, 2.24) is 9.55 Å². The standard InChI is InChI=1S/C14H9BrCl2N2/c15-10-3-1-2-4-12(10)19-13-7-9(17)5-6-11(13)18-14(19)8-16/h1-7H,8H2. The second kappa shape index (κ2) is 5.16. The molecule has 5 heteroatoms. The van der Waals surface area contributed by atoms with Crippen LogP contribution in [0.2, 0.25) is 5.02 Å². The van der Waals surface area contributed by atoms with Crippen molar-refractivity contribution < 1.29 is 0 Å². The molecular formula is C14H9BrCl2N2. The number of para-hydroxylation sites is 1. The third-order valence-corrected chi connectivity index (χ3v) is 4.04. The van der Waals surface area contributed by atoms with Crippen molar-refractivity contribution in [1.29, 1.82) is 0 Å². The molecule has 0 unspecified atom stereocenters. The fraction of sp³-hybridized carbons (Fsp3) is 0.0714. The summed E-state index contributed by atoms with van der Waals surface area (Å²) in [6, 6.07) is 13.6. The van der Waals surface area contributed by atoms with E-state index in [2.05, 4.69) is 20.9 Å². The molecule has 0 aliphatic rings. The van der Waals surface area contributed by atoms with E-state index in [1.54, 1.807) is 0 Å². The zero-order valence-electron chi connectivity index (χ0n) is 9.78. The molecule has 0 saturated carbocycles. The molecule has 0 atom stereocenters. The van der Waals surface area contributed by atoms with Gasteiger partial charge in [0.05, 0.1) is 22.6 Å². The largest absolute Gasteiger partial charge is 0.294 e.